The Hall–Kier alpha value is -2.44. The second-order valence-electron chi connectivity index (χ2n) is 7.52. The summed E-state index contributed by atoms with van der Waals surface area (Å²) in [5, 5.41) is 2.73. The Kier molecular flexibility index (Phi) is 5.22. The number of hydrogen-bond donors (Lipinski definition) is 1. The van der Waals surface area contributed by atoms with Crippen molar-refractivity contribution in [3.63, 3.8) is 0 Å². The van der Waals surface area contributed by atoms with E-state index in [1.807, 2.05) is 13.8 Å². The van der Waals surface area contributed by atoms with Gasteiger partial charge in [0.2, 0.25) is 5.91 Å². The zero-order chi connectivity index (χ0) is 19.8. The van der Waals surface area contributed by atoms with Crippen LogP contribution in [-0.4, -0.2) is 46.3 Å². The minimum Gasteiger partial charge on any atom is -0.336 e. The zero-order valence-corrected chi connectivity index (χ0v) is 16.0. The van der Waals surface area contributed by atoms with Crippen LogP contribution in [-0.2, 0) is 15.1 Å². The smallest absolute Gasteiger partial charge is 0.325 e. The fourth-order valence-electron chi connectivity index (χ4n) is 4.27. The molecule has 2 saturated heterocycles. The van der Waals surface area contributed by atoms with Crippen molar-refractivity contribution >= 4 is 17.8 Å². The molecule has 2 heterocycles. The predicted octanol–water partition coefficient (Wildman–Crippen LogP) is 2.77. The van der Waals surface area contributed by atoms with Crippen LogP contribution in [0.3, 0.4) is 0 Å². The molecule has 0 aromatic heterocycles. The quantitative estimate of drug-likeness (QED) is 0.823. The highest BCUT2D eigenvalue weighted by Crippen LogP contribution is 2.33. The Morgan fingerprint density at radius 1 is 1.19 bits per heavy atom. The van der Waals surface area contributed by atoms with Crippen LogP contribution < -0.4 is 5.32 Å². The average Bonchev–Trinajstić information content (AvgIpc) is 2.87. The number of benzene rings is 1. The van der Waals surface area contributed by atoms with Gasteiger partial charge in [0.25, 0.3) is 5.91 Å². The van der Waals surface area contributed by atoms with Crippen LogP contribution in [0.15, 0.2) is 24.3 Å². The van der Waals surface area contributed by atoms with Crippen molar-refractivity contribution in [2.75, 3.05) is 6.54 Å². The molecule has 0 saturated carbocycles. The van der Waals surface area contributed by atoms with Gasteiger partial charge in [0, 0.05) is 12.1 Å². The summed E-state index contributed by atoms with van der Waals surface area (Å²) < 4.78 is 13.3. The number of nitrogens with zero attached hydrogens (tertiary/aromatic N) is 2. The first-order chi connectivity index (χ1) is 12.8. The number of imide groups is 1. The summed E-state index contributed by atoms with van der Waals surface area (Å²) in [6.45, 7) is 5.49. The maximum atomic E-state index is 13.3. The topological polar surface area (TPSA) is 69.7 Å². The normalized spacial score (nSPS) is 28.4. The molecule has 0 unspecified atom stereocenters. The van der Waals surface area contributed by atoms with Crippen molar-refractivity contribution in [2.24, 2.45) is 0 Å². The third-order valence-electron chi connectivity index (χ3n) is 5.82. The minimum absolute atomic E-state index is 0.0926. The van der Waals surface area contributed by atoms with Gasteiger partial charge in [0.15, 0.2) is 0 Å². The number of carbonyl (C=O) groups is 3. The van der Waals surface area contributed by atoms with Crippen LogP contribution in [0.4, 0.5) is 9.18 Å². The van der Waals surface area contributed by atoms with Crippen molar-refractivity contribution in [3.05, 3.63) is 35.6 Å². The van der Waals surface area contributed by atoms with E-state index in [0.717, 1.165) is 24.2 Å². The zero-order valence-electron chi connectivity index (χ0n) is 16.0. The van der Waals surface area contributed by atoms with Gasteiger partial charge in [-0.2, -0.15) is 0 Å². The molecule has 7 heteroatoms. The second kappa shape index (κ2) is 7.29. The van der Waals surface area contributed by atoms with Gasteiger partial charge in [-0.05, 0) is 57.2 Å². The lowest BCUT2D eigenvalue weighted by atomic mass is 9.87. The molecule has 2 aliphatic rings. The molecular weight excluding hydrogens is 349 g/mol. The highest BCUT2D eigenvalue weighted by Gasteiger charge is 2.52. The molecule has 0 bridgehead atoms. The third-order valence-corrected chi connectivity index (χ3v) is 5.82. The van der Waals surface area contributed by atoms with Crippen LogP contribution in [0.25, 0.3) is 0 Å². The highest BCUT2D eigenvalue weighted by molar-refractivity contribution is 6.09. The molecular formula is C20H26FN3O3. The van der Waals surface area contributed by atoms with Crippen LogP contribution in [0.1, 0.15) is 52.0 Å². The summed E-state index contributed by atoms with van der Waals surface area (Å²) in [7, 11) is 0. The standard InChI is InChI=1S/C20H26FN3O3/c1-4-20(15-8-10-16(21)11-9-15)18(26)23(19(27)22-20)12-17(25)24-13(2)6-5-7-14(24)3/h8-11,13-14H,4-7,12H2,1-3H3,(H,22,27)/t13-,14-,20+/m0/s1. The molecule has 6 nitrogen and oxygen atoms in total. The van der Waals surface area contributed by atoms with E-state index in [1.54, 1.807) is 11.8 Å². The maximum Gasteiger partial charge on any atom is 0.325 e. The molecule has 3 atom stereocenters. The summed E-state index contributed by atoms with van der Waals surface area (Å²) in [4.78, 5) is 41.3. The Balaban J connectivity index is 1.83. The molecule has 0 radical (unpaired) electrons. The van der Waals surface area contributed by atoms with Crippen molar-refractivity contribution in [2.45, 2.75) is 64.1 Å². The summed E-state index contributed by atoms with van der Waals surface area (Å²) >= 11 is 0. The van der Waals surface area contributed by atoms with Crippen LogP contribution in [0, 0.1) is 5.82 Å². The molecule has 4 amide bonds. The number of halogens is 1. The Morgan fingerprint density at radius 3 is 2.33 bits per heavy atom. The monoisotopic (exact) mass is 375 g/mol. The number of piperidine rings is 1. The first-order valence-electron chi connectivity index (χ1n) is 9.51. The van der Waals surface area contributed by atoms with Gasteiger partial charge in [-0.15, -0.1) is 0 Å². The van der Waals surface area contributed by atoms with Crippen molar-refractivity contribution in [3.8, 4) is 0 Å². The van der Waals surface area contributed by atoms with Gasteiger partial charge in [0.1, 0.15) is 17.9 Å². The molecule has 27 heavy (non-hydrogen) atoms. The maximum absolute atomic E-state index is 13.3. The summed E-state index contributed by atoms with van der Waals surface area (Å²) in [6.07, 6.45) is 3.22. The second-order valence-corrected chi connectivity index (χ2v) is 7.52. The fourth-order valence-corrected chi connectivity index (χ4v) is 4.27. The van der Waals surface area contributed by atoms with E-state index in [-0.39, 0.29) is 24.5 Å². The number of hydrogen-bond acceptors (Lipinski definition) is 3. The average molecular weight is 375 g/mol. The lowest BCUT2D eigenvalue weighted by molar-refractivity contribution is -0.143. The molecule has 1 aromatic carbocycles. The number of amides is 4. The van der Waals surface area contributed by atoms with Gasteiger partial charge in [-0.3, -0.25) is 14.5 Å². The van der Waals surface area contributed by atoms with Gasteiger partial charge in [0.05, 0.1) is 0 Å². The van der Waals surface area contributed by atoms with Gasteiger partial charge in [-0.1, -0.05) is 19.1 Å². The van der Waals surface area contributed by atoms with E-state index in [0.29, 0.717) is 12.0 Å². The first kappa shape index (κ1) is 19.3. The highest BCUT2D eigenvalue weighted by atomic mass is 19.1. The number of rotatable bonds is 4. The lowest BCUT2D eigenvalue weighted by Gasteiger charge is -2.39. The van der Waals surface area contributed by atoms with Crippen molar-refractivity contribution in [1.29, 1.82) is 0 Å². The predicted molar refractivity (Wildman–Crippen MR) is 98.2 cm³/mol. The molecule has 2 aliphatic heterocycles. The Labute approximate surface area is 158 Å². The van der Waals surface area contributed by atoms with Crippen LogP contribution in [0.2, 0.25) is 0 Å². The molecule has 0 aliphatic carbocycles. The number of urea groups is 1. The van der Waals surface area contributed by atoms with E-state index >= 15 is 0 Å². The summed E-state index contributed by atoms with van der Waals surface area (Å²) in [6, 6.07) is 5.12. The molecule has 0 spiro atoms. The minimum atomic E-state index is -1.26. The molecule has 1 N–H and O–H groups in total. The summed E-state index contributed by atoms with van der Waals surface area (Å²) in [5.41, 5.74) is -0.746. The summed E-state index contributed by atoms with van der Waals surface area (Å²) in [5.74, 6) is -1.10. The number of nitrogens with one attached hydrogen (secondary N) is 1. The van der Waals surface area contributed by atoms with Crippen LogP contribution in [0.5, 0.6) is 0 Å². The molecule has 146 valence electrons. The number of carbonyl (C=O) groups excluding carboxylic acids is 3. The van der Waals surface area contributed by atoms with E-state index < -0.39 is 23.3 Å². The lowest BCUT2D eigenvalue weighted by Crippen LogP contribution is -2.52. The van der Waals surface area contributed by atoms with Crippen molar-refractivity contribution in [1.82, 2.24) is 15.1 Å². The number of likely N-dealkylation sites (tertiary alicyclic amines) is 1. The fraction of sp³-hybridized carbons (Fsp3) is 0.550. The SMILES string of the molecule is CC[C@]1(c2ccc(F)cc2)NC(=O)N(CC(=O)N2[C@@H](C)CCC[C@@H]2C)C1=O. The van der Waals surface area contributed by atoms with Gasteiger partial charge >= 0.3 is 6.03 Å². The first-order valence-corrected chi connectivity index (χ1v) is 9.51. The Morgan fingerprint density at radius 2 is 1.78 bits per heavy atom. The van der Waals surface area contributed by atoms with E-state index in [9.17, 15) is 18.8 Å². The molecule has 1 aromatic rings. The third kappa shape index (κ3) is 3.31. The van der Waals surface area contributed by atoms with Crippen LogP contribution >= 0.6 is 0 Å². The van der Waals surface area contributed by atoms with E-state index in [4.69, 9.17) is 0 Å². The Bertz CT molecular complexity index is 741. The van der Waals surface area contributed by atoms with E-state index in [1.165, 1.54) is 24.3 Å². The van der Waals surface area contributed by atoms with Crippen molar-refractivity contribution < 1.29 is 18.8 Å². The largest absolute Gasteiger partial charge is 0.336 e. The van der Waals surface area contributed by atoms with Gasteiger partial charge < -0.3 is 10.2 Å². The van der Waals surface area contributed by atoms with Gasteiger partial charge in [-0.25, -0.2) is 9.18 Å². The molecule has 3 rings (SSSR count). The molecule has 2 fully saturated rings. The van der Waals surface area contributed by atoms with E-state index in [2.05, 4.69) is 5.32 Å².